The second-order valence-electron chi connectivity index (χ2n) is 5.65. The molecule has 0 aliphatic carbocycles. The third-order valence-corrected chi connectivity index (χ3v) is 6.62. The quantitative estimate of drug-likeness (QED) is 0.571. The zero-order chi connectivity index (χ0) is 17.2. The number of hydrogen-bond acceptors (Lipinski definition) is 6. The Morgan fingerprint density at radius 3 is 2.75 bits per heavy atom. The standard InChI is InChI=1S/C15H18FN3O3S2/c1-19-14(11-6-9-24(20,21)10-11)17-18-15(19)23-8-7-22-13-4-2-12(16)3-5-13/h2-5,11H,6-10H2,1H3. The molecule has 0 radical (unpaired) electrons. The molecule has 1 unspecified atom stereocenters. The molecule has 2 heterocycles. The Bertz CT molecular complexity index is 806. The first-order valence-corrected chi connectivity index (χ1v) is 10.4. The minimum Gasteiger partial charge on any atom is -0.493 e. The molecule has 9 heteroatoms. The fourth-order valence-corrected chi connectivity index (χ4v) is 5.10. The monoisotopic (exact) mass is 371 g/mol. The van der Waals surface area contributed by atoms with Gasteiger partial charge in [0.25, 0.3) is 0 Å². The molecule has 130 valence electrons. The number of nitrogens with zero attached hydrogens (tertiary/aromatic N) is 3. The number of rotatable bonds is 6. The molecule has 1 aromatic heterocycles. The van der Waals surface area contributed by atoms with Gasteiger partial charge < -0.3 is 9.30 Å². The van der Waals surface area contributed by atoms with E-state index in [4.69, 9.17) is 4.74 Å². The lowest BCUT2D eigenvalue weighted by Crippen LogP contribution is -2.09. The van der Waals surface area contributed by atoms with Gasteiger partial charge >= 0.3 is 0 Å². The van der Waals surface area contributed by atoms with Gasteiger partial charge in [-0.1, -0.05) is 11.8 Å². The number of aromatic nitrogens is 3. The average molecular weight is 371 g/mol. The zero-order valence-electron chi connectivity index (χ0n) is 13.2. The molecule has 24 heavy (non-hydrogen) atoms. The maximum absolute atomic E-state index is 12.8. The Kier molecular flexibility index (Phi) is 5.09. The second-order valence-corrected chi connectivity index (χ2v) is 8.94. The van der Waals surface area contributed by atoms with Gasteiger partial charge in [0.2, 0.25) is 0 Å². The molecule has 0 saturated carbocycles. The number of thioether (sulfide) groups is 1. The smallest absolute Gasteiger partial charge is 0.191 e. The molecule has 1 saturated heterocycles. The van der Waals surface area contributed by atoms with E-state index in [0.717, 1.165) is 11.0 Å². The lowest BCUT2D eigenvalue weighted by molar-refractivity contribution is 0.343. The highest BCUT2D eigenvalue weighted by atomic mass is 32.2. The maximum Gasteiger partial charge on any atom is 0.191 e. The van der Waals surface area contributed by atoms with E-state index in [1.807, 2.05) is 11.6 Å². The van der Waals surface area contributed by atoms with Crippen molar-refractivity contribution in [3.8, 4) is 5.75 Å². The normalized spacial score (nSPS) is 19.5. The SMILES string of the molecule is Cn1c(SCCOc2ccc(F)cc2)nnc1C1CCS(=O)(=O)C1. The fourth-order valence-electron chi connectivity index (χ4n) is 2.63. The van der Waals surface area contributed by atoms with Crippen LogP contribution in [0.4, 0.5) is 4.39 Å². The van der Waals surface area contributed by atoms with E-state index in [1.165, 1.54) is 23.9 Å². The summed E-state index contributed by atoms with van der Waals surface area (Å²) in [6.45, 7) is 0.455. The molecular weight excluding hydrogens is 353 g/mol. The first-order chi connectivity index (χ1) is 11.4. The third-order valence-electron chi connectivity index (χ3n) is 3.86. The highest BCUT2D eigenvalue weighted by Crippen LogP contribution is 2.29. The maximum atomic E-state index is 12.8. The van der Waals surface area contributed by atoms with Crippen LogP contribution in [-0.4, -0.2) is 47.0 Å². The number of halogens is 1. The summed E-state index contributed by atoms with van der Waals surface area (Å²) in [6, 6.07) is 5.88. The van der Waals surface area contributed by atoms with Crippen LogP contribution >= 0.6 is 11.8 Å². The largest absolute Gasteiger partial charge is 0.493 e. The van der Waals surface area contributed by atoms with Crippen LogP contribution in [-0.2, 0) is 16.9 Å². The molecule has 0 amide bonds. The van der Waals surface area contributed by atoms with Gasteiger partial charge in [0, 0.05) is 18.7 Å². The summed E-state index contributed by atoms with van der Waals surface area (Å²) < 4.78 is 43.4. The van der Waals surface area contributed by atoms with E-state index in [0.29, 0.717) is 24.5 Å². The van der Waals surface area contributed by atoms with E-state index in [2.05, 4.69) is 10.2 Å². The van der Waals surface area contributed by atoms with E-state index in [-0.39, 0.29) is 23.2 Å². The van der Waals surface area contributed by atoms with Crippen LogP contribution in [0.1, 0.15) is 18.2 Å². The van der Waals surface area contributed by atoms with Crippen molar-refractivity contribution in [3.05, 3.63) is 35.9 Å². The highest BCUT2D eigenvalue weighted by Gasteiger charge is 2.32. The fraction of sp³-hybridized carbons (Fsp3) is 0.467. The van der Waals surface area contributed by atoms with Crippen molar-refractivity contribution in [2.45, 2.75) is 17.5 Å². The lowest BCUT2D eigenvalue weighted by atomic mass is 10.1. The van der Waals surface area contributed by atoms with Gasteiger partial charge in [-0.05, 0) is 30.7 Å². The topological polar surface area (TPSA) is 74.1 Å². The number of ether oxygens (including phenoxy) is 1. The van der Waals surface area contributed by atoms with Gasteiger partial charge in [0.1, 0.15) is 17.4 Å². The van der Waals surface area contributed by atoms with Crippen LogP contribution in [0, 0.1) is 5.82 Å². The Hall–Kier alpha value is -1.61. The number of hydrogen-bond donors (Lipinski definition) is 0. The summed E-state index contributed by atoms with van der Waals surface area (Å²) in [6.07, 6.45) is 0.604. The number of benzene rings is 1. The lowest BCUT2D eigenvalue weighted by Gasteiger charge is -2.08. The van der Waals surface area contributed by atoms with Crippen molar-refractivity contribution in [3.63, 3.8) is 0 Å². The molecule has 1 fully saturated rings. The zero-order valence-corrected chi connectivity index (χ0v) is 14.8. The van der Waals surface area contributed by atoms with E-state index in [1.54, 1.807) is 12.1 Å². The van der Waals surface area contributed by atoms with Crippen LogP contribution < -0.4 is 4.74 Å². The van der Waals surface area contributed by atoms with E-state index >= 15 is 0 Å². The van der Waals surface area contributed by atoms with Gasteiger partial charge in [0.15, 0.2) is 15.0 Å². The highest BCUT2D eigenvalue weighted by molar-refractivity contribution is 7.99. The van der Waals surface area contributed by atoms with Crippen LogP contribution in [0.2, 0.25) is 0 Å². The van der Waals surface area contributed by atoms with Gasteiger partial charge in [0.05, 0.1) is 18.1 Å². The molecule has 2 aromatic rings. The summed E-state index contributed by atoms with van der Waals surface area (Å²) in [5.74, 6) is 2.00. The first-order valence-electron chi connectivity index (χ1n) is 7.55. The summed E-state index contributed by atoms with van der Waals surface area (Å²) in [7, 11) is -1.09. The van der Waals surface area contributed by atoms with Crippen LogP contribution in [0.15, 0.2) is 29.4 Å². The molecular formula is C15H18FN3O3S2. The molecule has 1 aliphatic rings. The average Bonchev–Trinajstić information content (AvgIpc) is 3.08. The third kappa shape index (κ3) is 4.07. The first kappa shape index (κ1) is 17.2. The minimum atomic E-state index is -2.94. The minimum absolute atomic E-state index is 0.0719. The molecule has 0 spiro atoms. The molecule has 1 aliphatic heterocycles. The summed E-state index contributed by atoms with van der Waals surface area (Å²) in [5.41, 5.74) is 0. The van der Waals surface area contributed by atoms with E-state index < -0.39 is 9.84 Å². The predicted molar refractivity (Wildman–Crippen MR) is 89.6 cm³/mol. The van der Waals surface area contributed by atoms with Crippen molar-refractivity contribution < 1.29 is 17.5 Å². The van der Waals surface area contributed by atoms with Crippen LogP contribution in [0.3, 0.4) is 0 Å². The molecule has 0 N–H and O–H groups in total. The predicted octanol–water partition coefficient (Wildman–Crippen LogP) is 2.03. The van der Waals surface area contributed by atoms with Crippen LogP contribution in [0.5, 0.6) is 5.75 Å². The van der Waals surface area contributed by atoms with Gasteiger partial charge in [-0.15, -0.1) is 10.2 Å². The van der Waals surface area contributed by atoms with Gasteiger partial charge in [-0.2, -0.15) is 0 Å². The molecule has 0 bridgehead atoms. The van der Waals surface area contributed by atoms with Crippen molar-refractivity contribution in [1.29, 1.82) is 0 Å². The van der Waals surface area contributed by atoms with E-state index in [9.17, 15) is 12.8 Å². The molecule has 1 atom stereocenters. The molecule has 3 rings (SSSR count). The van der Waals surface area contributed by atoms with Crippen molar-refractivity contribution in [2.24, 2.45) is 7.05 Å². The van der Waals surface area contributed by atoms with Crippen molar-refractivity contribution in [1.82, 2.24) is 14.8 Å². The summed E-state index contributed by atoms with van der Waals surface area (Å²) >= 11 is 1.49. The number of sulfone groups is 1. The Balaban J connectivity index is 1.52. The van der Waals surface area contributed by atoms with Crippen LogP contribution in [0.25, 0.3) is 0 Å². The summed E-state index contributed by atoms with van der Waals surface area (Å²) in [5, 5.41) is 9.03. The Morgan fingerprint density at radius 1 is 1.33 bits per heavy atom. The second kappa shape index (κ2) is 7.10. The van der Waals surface area contributed by atoms with Gasteiger partial charge in [-0.3, -0.25) is 0 Å². The van der Waals surface area contributed by atoms with Crippen molar-refractivity contribution in [2.75, 3.05) is 23.9 Å². The molecule has 1 aromatic carbocycles. The Labute approximate surface area is 144 Å². The Morgan fingerprint density at radius 2 is 2.08 bits per heavy atom. The summed E-state index contributed by atoms with van der Waals surface area (Å²) in [4.78, 5) is 0. The van der Waals surface area contributed by atoms with Gasteiger partial charge in [-0.25, -0.2) is 12.8 Å². The van der Waals surface area contributed by atoms with Crippen molar-refractivity contribution >= 4 is 21.6 Å². The molecule has 6 nitrogen and oxygen atoms in total.